The number of carbonyl (C=O) groups is 1. The predicted octanol–water partition coefficient (Wildman–Crippen LogP) is 5.27. The third-order valence-corrected chi connectivity index (χ3v) is 4.71. The van der Waals surface area contributed by atoms with E-state index in [0.717, 1.165) is 24.2 Å². The Balaban J connectivity index is 1.79. The number of ether oxygens (including phenoxy) is 1. The quantitative estimate of drug-likeness (QED) is 0.803. The van der Waals surface area contributed by atoms with Crippen molar-refractivity contribution in [3.8, 4) is 5.75 Å². The van der Waals surface area contributed by atoms with Gasteiger partial charge in [-0.3, -0.25) is 9.78 Å². The van der Waals surface area contributed by atoms with Crippen LogP contribution in [0.15, 0.2) is 30.6 Å². The fourth-order valence-electron chi connectivity index (χ4n) is 2.77. The maximum absolute atomic E-state index is 12.5. The van der Waals surface area contributed by atoms with Crippen LogP contribution in [0, 0.1) is 6.92 Å². The molecule has 2 aromatic rings. The third kappa shape index (κ3) is 3.82. The summed E-state index contributed by atoms with van der Waals surface area (Å²) in [4.78, 5) is 16.4. The Labute approximate surface area is 151 Å². The van der Waals surface area contributed by atoms with Crippen LogP contribution in [0.5, 0.6) is 5.75 Å². The lowest BCUT2D eigenvalue weighted by Gasteiger charge is -2.16. The molecule has 1 saturated carbocycles. The van der Waals surface area contributed by atoms with Crippen molar-refractivity contribution in [2.75, 3.05) is 5.32 Å². The number of rotatable bonds is 4. The summed E-state index contributed by atoms with van der Waals surface area (Å²) >= 11 is 12.1. The van der Waals surface area contributed by atoms with Gasteiger partial charge in [0.2, 0.25) is 0 Å². The molecule has 1 aromatic heterocycles. The van der Waals surface area contributed by atoms with Crippen molar-refractivity contribution in [1.29, 1.82) is 0 Å². The maximum atomic E-state index is 12.5. The molecule has 4 nitrogen and oxygen atoms in total. The molecule has 1 heterocycles. The molecular weight excluding hydrogens is 347 g/mol. The van der Waals surface area contributed by atoms with Crippen molar-refractivity contribution < 1.29 is 9.53 Å². The first-order valence-electron chi connectivity index (χ1n) is 7.92. The maximum Gasteiger partial charge on any atom is 0.255 e. The Morgan fingerprint density at radius 1 is 1.21 bits per heavy atom. The zero-order valence-corrected chi connectivity index (χ0v) is 14.8. The molecule has 0 unspecified atom stereocenters. The minimum atomic E-state index is -0.290. The molecule has 1 aliphatic rings. The summed E-state index contributed by atoms with van der Waals surface area (Å²) in [5.74, 6) is 0.461. The van der Waals surface area contributed by atoms with Gasteiger partial charge in [-0.15, -0.1) is 0 Å². The topological polar surface area (TPSA) is 51.2 Å². The van der Waals surface area contributed by atoms with E-state index < -0.39 is 0 Å². The number of nitrogens with one attached hydrogen (secondary N) is 1. The molecule has 24 heavy (non-hydrogen) atoms. The number of benzene rings is 1. The summed E-state index contributed by atoms with van der Waals surface area (Å²) in [5, 5.41) is 3.33. The predicted molar refractivity (Wildman–Crippen MR) is 96.3 cm³/mol. The molecule has 6 heteroatoms. The van der Waals surface area contributed by atoms with Crippen LogP contribution < -0.4 is 10.1 Å². The van der Waals surface area contributed by atoms with E-state index in [0.29, 0.717) is 21.3 Å². The Bertz CT molecular complexity index is 738. The van der Waals surface area contributed by atoms with Crippen LogP contribution in [0.3, 0.4) is 0 Å². The summed E-state index contributed by atoms with van der Waals surface area (Å²) in [6.07, 6.45) is 7.65. The van der Waals surface area contributed by atoms with Gasteiger partial charge in [0.15, 0.2) is 0 Å². The van der Waals surface area contributed by atoms with Gasteiger partial charge in [-0.2, -0.15) is 0 Å². The van der Waals surface area contributed by atoms with Gasteiger partial charge in [-0.1, -0.05) is 29.3 Å². The lowest BCUT2D eigenvalue weighted by molar-refractivity contribution is 0.102. The number of aryl methyl sites for hydroxylation is 1. The monoisotopic (exact) mass is 364 g/mol. The molecule has 3 rings (SSSR count). The van der Waals surface area contributed by atoms with Crippen molar-refractivity contribution >= 4 is 34.8 Å². The molecule has 1 N–H and O–H groups in total. The molecule has 1 aromatic carbocycles. The SMILES string of the molecule is Cc1ccc(C(=O)Nc2c(Cl)cncc2Cl)cc1OC1CCCC1. The van der Waals surface area contributed by atoms with Gasteiger partial charge in [-0.25, -0.2) is 0 Å². The second-order valence-electron chi connectivity index (χ2n) is 5.94. The standard InChI is InChI=1S/C18H18Cl2N2O2/c1-11-6-7-12(8-16(11)24-13-4-2-3-5-13)18(23)22-17-14(19)9-21-10-15(17)20/h6-10,13H,2-5H2,1H3,(H,21,22,23). The second kappa shape index (κ2) is 7.41. The zero-order valence-electron chi connectivity index (χ0n) is 13.3. The number of halogens is 2. The molecule has 0 bridgehead atoms. The fraction of sp³-hybridized carbons (Fsp3) is 0.333. The van der Waals surface area contributed by atoms with Gasteiger partial charge in [0.25, 0.3) is 5.91 Å². The normalized spacial score (nSPS) is 14.6. The number of nitrogens with zero attached hydrogens (tertiary/aromatic N) is 1. The highest BCUT2D eigenvalue weighted by Crippen LogP contribution is 2.30. The zero-order chi connectivity index (χ0) is 17.1. The molecule has 0 aliphatic heterocycles. The van der Waals surface area contributed by atoms with Crippen molar-refractivity contribution in [3.63, 3.8) is 0 Å². The van der Waals surface area contributed by atoms with E-state index in [-0.39, 0.29) is 12.0 Å². The van der Waals surface area contributed by atoms with E-state index in [1.165, 1.54) is 25.2 Å². The van der Waals surface area contributed by atoms with Crippen LogP contribution in [-0.2, 0) is 0 Å². The molecule has 1 aliphatic carbocycles. The number of pyridine rings is 1. The third-order valence-electron chi connectivity index (χ3n) is 4.14. The van der Waals surface area contributed by atoms with Crippen LogP contribution in [0.25, 0.3) is 0 Å². The first-order chi connectivity index (χ1) is 11.5. The molecule has 0 atom stereocenters. The molecule has 0 radical (unpaired) electrons. The lowest BCUT2D eigenvalue weighted by Crippen LogP contribution is -2.15. The highest BCUT2D eigenvalue weighted by Gasteiger charge is 2.19. The summed E-state index contributed by atoms with van der Waals surface area (Å²) < 4.78 is 6.05. The fourth-order valence-corrected chi connectivity index (χ4v) is 3.23. The number of anilines is 1. The molecule has 1 fully saturated rings. The minimum absolute atomic E-state index is 0.242. The van der Waals surface area contributed by atoms with Crippen LogP contribution in [-0.4, -0.2) is 17.0 Å². The molecule has 0 spiro atoms. The van der Waals surface area contributed by atoms with E-state index in [9.17, 15) is 4.79 Å². The van der Waals surface area contributed by atoms with Crippen LogP contribution in [0.2, 0.25) is 10.0 Å². The first-order valence-corrected chi connectivity index (χ1v) is 8.68. The highest BCUT2D eigenvalue weighted by molar-refractivity contribution is 6.39. The molecule has 126 valence electrons. The Morgan fingerprint density at radius 3 is 2.54 bits per heavy atom. The molecule has 0 saturated heterocycles. The van der Waals surface area contributed by atoms with Crippen molar-refractivity contribution in [2.24, 2.45) is 0 Å². The van der Waals surface area contributed by atoms with Crippen molar-refractivity contribution in [1.82, 2.24) is 4.98 Å². The number of aromatic nitrogens is 1. The average molecular weight is 365 g/mol. The van der Waals surface area contributed by atoms with E-state index in [4.69, 9.17) is 27.9 Å². The van der Waals surface area contributed by atoms with Crippen LogP contribution in [0.4, 0.5) is 5.69 Å². The molecule has 1 amide bonds. The summed E-state index contributed by atoms with van der Waals surface area (Å²) in [6, 6.07) is 5.41. The van der Waals surface area contributed by atoms with Crippen molar-refractivity contribution in [2.45, 2.75) is 38.7 Å². The largest absolute Gasteiger partial charge is 0.490 e. The van der Waals surface area contributed by atoms with Crippen LogP contribution >= 0.6 is 23.2 Å². The molecular formula is C18H18Cl2N2O2. The van der Waals surface area contributed by atoms with Gasteiger partial charge in [0.05, 0.1) is 21.8 Å². The van der Waals surface area contributed by atoms with E-state index in [1.54, 1.807) is 12.1 Å². The van der Waals surface area contributed by atoms with Gasteiger partial charge >= 0.3 is 0 Å². The lowest BCUT2D eigenvalue weighted by atomic mass is 10.1. The summed E-state index contributed by atoms with van der Waals surface area (Å²) in [5.41, 5.74) is 1.87. The van der Waals surface area contributed by atoms with Gasteiger partial charge in [0.1, 0.15) is 5.75 Å². The van der Waals surface area contributed by atoms with Crippen molar-refractivity contribution in [3.05, 3.63) is 51.8 Å². The van der Waals surface area contributed by atoms with E-state index >= 15 is 0 Å². The van der Waals surface area contributed by atoms with E-state index in [1.807, 2.05) is 13.0 Å². The Morgan fingerprint density at radius 2 is 1.88 bits per heavy atom. The highest BCUT2D eigenvalue weighted by atomic mass is 35.5. The Kier molecular flexibility index (Phi) is 5.27. The second-order valence-corrected chi connectivity index (χ2v) is 6.75. The van der Waals surface area contributed by atoms with E-state index in [2.05, 4.69) is 10.3 Å². The number of hydrogen-bond donors (Lipinski definition) is 1. The average Bonchev–Trinajstić information content (AvgIpc) is 3.06. The van der Waals surface area contributed by atoms with Gasteiger partial charge < -0.3 is 10.1 Å². The Hall–Kier alpha value is -1.78. The minimum Gasteiger partial charge on any atom is -0.490 e. The number of hydrogen-bond acceptors (Lipinski definition) is 3. The first kappa shape index (κ1) is 17.1. The number of carbonyl (C=O) groups excluding carboxylic acids is 1. The summed E-state index contributed by atoms with van der Waals surface area (Å²) in [6.45, 7) is 1.97. The van der Waals surface area contributed by atoms with Gasteiger partial charge in [0, 0.05) is 18.0 Å². The smallest absolute Gasteiger partial charge is 0.255 e. The summed E-state index contributed by atoms with van der Waals surface area (Å²) in [7, 11) is 0. The van der Waals surface area contributed by atoms with Crippen LogP contribution in [0.1, 0.15) is 41.6 Å². The number of amides is 1. The van der Waals surface area contributed by atoms with Gasteiger partial charge in [-0.05, 0) is 50.3 Å².